The van der Waals surface area contributed by atoms with Crippen LogP contribution in [0.5, 0.6) is 0 Å². The summed E-state index contributed by atoms with van der Waals surface area (Å²) in [5.41, 5.74) is 1.91. The van der Waals surface area contributed by atoms with Crippen molar-refractivity contribution in [2.24, 2.45) is 5.92 Å². The minimum absolute atomic E-state index is 0.732. The average Bonchev–Trinajstić information content (AvgIpc) is 2.63. The molecule has 0 amide bonds. The molecular formula is C15H19BrN2. The van der Waals surface area contributed by atoms with Crippen molar-refractivity contribution >= 4 is 21.6 Å². The normalized spacial score (nSPS) is 20.3. The molecule has 96 valence electrons. The van der Waals surface area contributed by atoms with E-state index in [1.54, 1.807) is 0 Å². The summed E-state index contributed by atoms with van der Waals surface area (Å²) in [6.07, 6.45) is 5.15. The molecule has 1 heterocycles. The van der Waals surface area contributed by atoms with Gasteiger partial charge in [-0.25, -0.2) is 0 Å². The van der Waals surface area contributed by atoms with Gasteiger partial charge in [0.2, 0.25) is 0 Å². The van der Waals surface area contributed by atoms with Crippen molar-refractivity contribution in [1.29, 1.82) is 5.26 Å². The predicted octanol–water partition coefficient (Wildman–Crippen LogP) is 4.34. The second-order valence-electron chi connectivity index (χ2n) is 5.00. The minimum atomic E-state index is 0.732. The van der Waals surface area contributed by atoms with Gasteiger partial charge in [-0.1, -0.05) is 29.3 Å². The third kappa shape index (κ3) is 3.26. The zero-order valence-electron chi connectivity index (χ0n) is 10.8. The number of nitrogens with zero attached hydrogens (tertiary/aromatic N) is 2. The molecule has 0 saturated carbocycles. The molecule has 0 aliphatic carbocycles. The summed E-state index contributed by atoms with van der Waals surface area (Å²) in [6, 6.07) is 8.21. The lowest BCUT2D eigenvalue weighted by atomic mass is 9.98. The fourth-order valence-corrected chi connectivity index (χ4v) is 3.13. The summed E-state index contributed by atoms with van der Waals surface area (Å²) in [5, 5.41) is 9.03. The van der Waals surface area contributed by atoms with Crippen molar-refractivity contribution in [2.75, 3.05) is 18.0 Å². The number of hydrogen-bond donors (Lipinski definition) is 0. The molecule has 0 bridgehead atoms. The van der Waals surface area contributed by atoms with Crippen LogP contribution in [0.2, 0.25) is 0 Å². The van der Waals surface area contributed by atoms with Crippen LogP contribution in [0.15, 0.2) is 22.7 Å². The molecule has 1 atom stereocenters. The molecule has 0 N–H and O–H groups in total. The Morgan fingerprint density at radius 1 is 1.33 bits per heavy atom. The number of halogens is 1. The summed E-state index contributed by atoms with van der Waals surface area (Å²) < 4.78 is 0.993. The Kier molecular flexibility index (Phi) is 4.66. The first-order chi connectivity index (χ1) is 8.72. The van der Waals surface area contributed by atoms with Crippen molar-refractivity contribution in [3.05, 3.63) is 28.2 Å². The molecule has 0 aromatic heterocycles. The second-order valence-corrected chi connectivity index (χ2v) is 5.92. The molecule has 1 unspecified atom stereocenters. The summed E-state index contributed by atoms with van der Waals surface area (Å²) in [6.45, 7) is 4.50. The lowest BCUT2D eigenvalue weighted by molar-refractivity contribution is 0.459. The van der Waals surface area contributed by atoms with E-state index < -0.39 is 0 Å². The average molecular weight is 307 g/mol. The van der Waals surface area contributed by atoms with Gasteiger partial charge in [0.1, 0.15) is 0 Å². The Morgan fingerprint density at radius 2 is 2.17 bits per heavy atom. The first-order valence-electron chi connectivity index (χ1n) is 6.68. The van der Waals surface area contributed by atoms with Crippen LogP contribution in [0.1, 0.15) is 38.2 Å². The van der Waals surface area contributed by atoms with E-state index in [-0.39, 0.29) is 0 Å². The summed E-state index contributed by atoms with van der Waals surface area (Å²) in [7, 11) is 0. The maximum atomic E-state index is 9.03. The van der Waals surface area contributed by atoms with Crippen LogP contribution in [0.4, 0.5) is 5.69 Å². The SMILES string of the molecule is CCC1CCCN(c2cc(Br)cc(C#N)c2)CC1. The van der Waals surface area contributed by atoms with E-state index in [9.17, 15) is 0 Å². The van der Waals surface area contributed by atoms with E-state index >= 15 is 0 Å². The number of rotatable bonds is 2. The van der Waals surface area contributed by atoms with Gasteiger partial charge < -0.3 is 4.90 Å². The van der Waals surface area contributed by atoms with Crippen molar-refractivity contribution < 1.29 is 0 Å². The molecular weight excluding hydrogens is 288 g/mol. The molecule has 1 aliphatic heterocycles. The largest absolute Gasteiger partial charge is 0.371 e. The van der Waals surface area contributed by atoms with E-state index in [2.05, 4.69) is 39.9 Å². The summed E-state index contributed by atoms with van der Waals surface area (Å²) in [5.74, 6) is 0.873. The highest BCUT2D eigenvalue weighted by Gasteiger charge is 2.16. The highest BCUT2D eigenvalue weighted by atomic mass is 79.9. The van der Waals surface area contributed by atoms with Crippen LogP contribution in [0.25, 0.3) is 0 Å². The van der Waals surface area contributed by atoms with E-state index in [1.165, 1.54) is 31.4 Å². The molecule has 2 nitrogen and oxygen atoms in total. The quantitative estimate of drug-likeness (QED) is 0.813. The number of anilines is 1. The first-order valence-corrected chi connectivity index (χ1v) is 7.48. The zero-order valence-corrected chi connectivity index (χ0v) is 12.4. The fourth-order valence-electron chi connectivity index (χ4n) is 2.65. The van der Waals surface area contributed by atoms with Crippen molar-refractivity contribution in [3.8, 4) is 6.07 Å². The maximum absolute atomic E-state index is 9.03. The van der Waals surface area contributed by atoms with Crippen LogP contribution in [0, 0.1) is 17.2 Å². The Bertz CT molecular complexity index is 450. The Balaban J connectivity index is 2.16. The standard InChI is InChI=1S/C15H19BrN2/c1-2-12-4-3-6-18(7-5-12)15-9-13(11-17)8-14(16)10-15/h8-10,12H,2-7H2,1H3. The van der Waals surface area contributed by atoms with Crippen LogP contribution < -0.4 is 4.90 Å². The van der Waals surface area contributed by atoms with Crippen LogP contribution in [0.3, 0.4) is 0 Å². The Hall–Kier alpha value is -1.01. The van der Waals surface area contributed by atoms with Crippen LogP contribution in [-0.2, 0) is 0 Å². The van der Waals surface area contributed by atoms with E-state index in [1.807, 2.05) is 12.1 Å². The minimum Gasteiger partial charge on any atom is -0.371 e. The lowest BCUT2D eigenvalue weighted by Gasteiger charge is -2.23. The van der Waals surface area contributed by atoms with Crippen molar-refractivity contribution in [1.82, 2.24) is 0 Å². The molecule has 18 heavy (non-hydrogen) atoms. The number of nitriles is 1. The first kappa shape index (κ1) is 13.4. The van der Waals surface area contributed by atoms with E-state index in [4.69, 9.17) is 5.26 Å². The molecule has 1 fully saturated rings. The van der Waals surface area contributed by atoms with Gasteiger partial charge in [-0.05, 0) is 43.4 Å². The van der Waals surface area contributed by atoms with Gasteiger partial charge in [0.05, 0.1) is 11.6 Å². The highest BCUT2D eigenvalue weighted by molar-refractivity contribution is 9.10. The number of hydrogen-bond acceptors (Lipinski definition) is 2. The van der Waals surface area contributed by atoms with E-state index in [0.717, 1.165) is 29.0 Å². The highest BCUT2D eigenvalue weighted by Crippen LogP contribution is 2.27. The lowest BCUT2D eigenvalue weighted by Crippen LogP contribution is -2.24. The van der Waals surface area contributed by atoms with Gasteiger partial charge in [0.15, 0.2) is 0 Å². The topological polar surface area (TPSA) is 27.0 Å². The molecule has 0 radical (unpaired) electrons. The van der Waals surface area contributed by atoms with Gasteiger partial charge in [0, 0.05) is 23.2 Å². The van der Waals surface area contributed by atoms with Gasteiger partial charge >= 0.3 is 0 Å². The Labute approximate surface area is 118 Å². The maximum Gasteiger partial charge on any atom is 0.0992 e. The second kappa shape index (κ2) is 6.24. The molecule has 1 aromatic rings. The van der Waals surface area contributed by atoms with Gasteiger partial charge in [0.25, 0.3) is 0 Å². The Morgan fingerprint density at radius 3 is 2.89 bits per heavy atom. The molecule has 3 heteroatoms. The summed E-state index contributed by atoms with van der Waals surface area (Å²) >= 11 is 3.49. The van der Waals surface area contributed by atoms with Crippen molar-refractivity contribution in [2.45, 2.75) is 32.6 Å². The molecule has 0 spiro atoms. The van der Waals surface area contributed by atoms with Gasteiger partial charge in [-0.3, -0.25) is 0 Å². The number of benzene rings is 1. The van der Waals surface area contributed by atoms with Crippen LogP contribution in [-0.4, -0.2) is 13.1 Å². The van der Waals surface area contributed by atoms with Gasteiger partial charge in [-0.15, -0.1) is 0 Å². The molecule has 1 aliphatic rings. The smallest absolute Gasteiger partial charge is 0.0992 e. The summed E-state index contributed by atoms with van der Waals surface area (Å²) in [4.78, 5) is 2.42. The van der Waals surface area contributed by atoms with Crippen LogP contribution >= 0.6 is 15.9 Å². The monoisotopic (exact) mass is 306 g/mol. The molecule has 2 rings (SSSR count). The fraction of sp³-hybridized carbons (Fsp3) is 0.533. The van der Waals surface area contributed by atoms with Crippen molar-refractivity contribution in [3.63, 3.8) is 0 Å². The van der Waals surface area contributed by atoms with Gasteiger partial charge in [-0.2, -0.15) is 5.26 Å². The molecule has 1 aromatic carbocycles. The molecule has 1 saturated heterocycles. The third-order valence-electron chi connectivity index (χ3n) is 3.80. The van der Waals surface area contributed by atoms with E-state index in [0.29, 0.717) is 0 Å². The third-order valence-corrected chi connectivity index (χ3v) is 4.26. The zero-order chi connectivity index (χ0) is 13.0. The predicted molar refractivity (Wildman–Crippen MR) is 78.7 cm³/mol.